The van der Waals surface area contributed by atoms with E-state index >= 15 is 0 Å². The number of hydrogen-bond donors (Lipinski definition) is 0. The molecule has 1 aliphatic rings. The zero-order valence-corrected chi connectivity index (χ0v) is 11.3. The molecule has 1 amide bonds. The summed E-state index contributed by atoms with van der Waals surface area (Å²) >= 11 is 0. The van der Waals surface area contributed by atoms with Crippen LogP contribution in [0.3, 0.4) is 0 Å². The highest BCUT2D eigenvalue weighted by Gasteiger charge is 2.28. The first-order valence-corrected chi connectivity index (χ1v) is 6.60. The molecule has 0 spiro atoms. The van der Waals surface area contributed by atoms with Crippen LogP contribution >= 0.6 is 0 Å². The first kappa shape index (κ1) is 13.1. The number of carbonyl (C=O) groups is 1. The van der Waals surface area contributed by atoms with Crippen molar-refractivity contribution in [1.82, 2.24) is 4.90 Å². The Morgan fingerprint density at radius 2 is 2.00 bits per heavy atom. The fraction of sp³-hybridized carbons (Fsp3) is 0.533. The molecule has 1 aromatic rings. The van der Waals surface area contributed by atoms with E-state index in [1.165, 1.54) is 5.56 Å². The van der Waals surface area contributed by atoms with Crippen LogP contribution in [-0.4, -0.2) is 30.0 Å². The molecular weight excluding hydrogens is 226 g/mol. The molecule has 1 aliphatic heterocycles. The van der Waals surface area contributed by atoms with Crippen molar-refractivity contribution in [2.75, 3.05) is 13.1 Å². The Morgan fingerprint density at radius 1 is 1.33 bits per heavy atom. The lowest BCUT2D eigenvalue weighted by molar-refractivity contribution is -0.144. The van der Waals surface area contributed by atoms with E-state index in [-0.39, 0.29) is 18.1 Å². The molecule has 0 saturated carbocycles. The molecule has 0 bridgehead atoms. The molecule has 0 unspecified atom stereocenters. The summed E-state index contributed by atoms with van der Waals surface area (Å²) in [7, 11) is 0. The van der Waals surface area contributed by atoms with E-state index in [0.29, 0.717) is 19.5 Å². The quantitative estimate of drug-likeness (QED) is 0.804. The summed E-state index contributed by atoms with van der Waals surface area (Å²) in [4.78, 5) is 13.7. The minimum Gasteiger partial charge on any atom is -0.367 e. The Kier molecular flexibility index (Phi) is 4.02. The van der Waals surface area contributed by atoms with Crippen LogP contribution in [-0.2, 0) is 9.53 Å². The van der Waals surface area contributed by atoms with Gasteiger partial charge < -0.3 is 9.64 Å². The van der Waals surface area contributed by atoms with Gasteiger partial charge in [-0.25, -0.2) is 0 Å². The third-order valence-corrected chi connectivity index (χ3v) is 3.36. The summed E-state index contributed by atoms with van der Waals surface area (Å²) in [6.07, 6.45) is 0.665. The molecule has 3 nitrogen and oxygen atoms in total. The van der Waals surface area contributed by atoms with Crippen LogP contribution in [0.5, 0.6) is 0 Å². The topological polar surface area (TPSA) is 29.5 Å². The van der Waals surface area contributed by atoms with Crippen LogP contribution in [0.1, 0.15) is 37.5 Å². The van der Waals surface area contributed by atoms with Crippen molar-refractivity contribution in [2.45, 2.75) is 39.4 Å². The normalized spacial score (nSPS) is 24.1. The second-order valence-electron chi connectivity index (χ2n) is 5.00. The van der Waals surface area contributed by atoms with Crippen LogP contribution < -0.4 is 0 Å². The molecule has 2 atom stereocenters. The van der Waals surface area contributed by atoms with E-state index in [9.17, 15) is 4.79 Å². The molecule has 1 fully saturated rings. The van der Waals surface area contributed by atoms with Gasteiger partial charge >= 0.3 is 0 Å². The maximum Gasteiger partial charge on any atom is 0.222 e. The third-order valence-electron chi connectivity index (χ3n) is 3.36. The number of carbonyl (C=O) groups excluding carboxylic acids is 1. The van der Waals surface area contributed by atoms with Crippen LogP contribution in [0.4, 0.5) is 0 Å². The van der Waals surface area contributed by atoms with Crippen LogP contribution in [0, 0.1) is 6.92 Å². The van der Waals surface area contributed by atoms with Crippen molar-refractivity contribution in [3.8, 4) is 0 Å². The van der Waals surface area contributed by atoms with Gasteiger partial charge in [0.05, 0.1) is 12.6 Å². The van der Waals surface area contributed by atoms with Crippen molar-refractivity contribution >= 4 is 5.91 Å². The molecule has 0 aromatic heterocycles. The van der Waals surface area contributed by atoms with Gasteiger partial charge in [0.15, 0.2) is 0 Å². The number of rotatable bonds is 2. The Hall–Kier alpha value is -1.35. The van der Waals surface area contributed by atoms with Crippen LogP contribution in [0.15, 0.2) is 24.3 Å². The third kappa shape index (κ3) is 2.91. The lowest BCUT2D eigenvalue weighted by atomic mass is 10.0. The van der Waals surface area contributed by atoms with Crippen LogP contribution in [0.2, 0.25) is 0 Å². The summed E-state index contributed by atoms with van der Waals surface area (Å²) in [5, 5.41) is 0. The maximum absolute atomic E-state index is 11.8. The number of benzene rings is 1. The van der Waals surface area contributed by atoms with Crippen molar-refractivity contribution in [2.24, 2.45) is 0 Å². The van der Waals surface area contributed by atoms with Gasteiger partial charge in [-0.05, 0) is 19.4 Å². The fourth-order valence-electron chi connectivity index (χ4n) is 2.34. The summed E-state index contributed by atoms with van der Waals surface area (Å²) < 4.78 is 5.94. The zero-order valence-electron chi connectivity index (χ0n) is 11.3. The Bertz CT molecular complexity index is 413. The predicted octanol–water partition coefficient (Wildman–Crippen LogP) is 2.69. The fourth-order valence-corrected chi connectivity index (χ4v) is 2.34. The van der Waals surface area contributed by atoms with Gasteiger partial charge in [0.2, 0.25) is 5.91 Å². The average Bonchev–Trinajstić information content (AvgIpc) is 2.38. The van der Waals surface area contributed by atoms with E-state index in [1.807, 2.05) is 18.7 Å². The molecule has 1 saturated heterocycles. The van der Waals surface area contributed by atoms with E-state index in [1.54, 1.807) is 0 Å². The Balaban J connectivity index is 2.13. The number of amides is 1. The first-order valence-electron chi connectivity index (χ1n) is 6.60. The van der Waals surface area contributed by atoms with Crippen molar-refractivity contribution in [3.05, 3.63) is 35.4 Å². The lowest BCUT2D eigenvalue weighted by Gasteiger charge is -2.37. The lowest BCUT2D eigenvalue weighted by Crippen LogP contribution is -2.45. The van der Waals surface area contributed by atoms with E-state index < -0.39 is 0 Å². The highest BCUT2D eigenvalue weighted by molar-refractivity contribution is 5.76. The molecule has 0 radical (unpaired) electrons. The first-order chi connectivity index (χ1) is 8.60. The SMILES string of the molecule is CCC(=O)N1C[C@@H](c2ccc(C)cc2)O[C@@H](C)C1. The number of aryl methyl sites for hydroxylation is 1. The number of hydrogen-bond acceptors (Lipinski definition) is 2. The largest absolute Gasteiger partial charge is 0.367 e. The molecule has 2 rings (SSSR count). The summed E-state index contributed by atoms with van der Waals surface area (Å²) in [5.74, 6) is 0.210. The number of nitrogens with zero attached hydrogens (tertiary/aromatic N) is 1. The maximum atomic E-state index is 11.8. The Labute approximate surface area is 109 Å². The van der Waals surface area contributed by atoms with E-state index in [0.717, 1.165) is 5.56 Å². The van der Waals surface area contributed by atoms with Crippen molar-refractivity contribution < 1.29 is 9.53 Å². The second-order valence-corrected chi connectivity index (χ2v) is 5.00. The van der Waals surface area contributed by atoms with E-state index in [4.69, 9.17) is 4.74 Å². The van der Waals surface area contributed by atoms with Gasteiger partial charge in [0.1, 0.15) is 6.10 Å². The smallest absolute Gasteiger partial charge is 0.222 e. The molecular formula is C15H21NO2. The van der Waals surface area contributed by atoms with Crippen LogP contribution in [0.25, 0.3) is 0 Å². The van der Waals surface area contributed by atoms with Gasteiger partial charge in [-0.15, -0.1) is 0 Å². The minimum absolute atomic E-state index is 0.00449. The van der Waals surface area contributed by atoms with E-state index in [2.05, 4.69) is 31.2 Å². The van der Waals surface area contributed by atoms with Gasteiger partial charge in [-0.3, -0.25) is 4.79 Å². The van der Waals surface area contributed by atoms with Gasteiger partial charge in [0.25, 0.3) is 0 Å². The highest BCUT2D eigenvalue weighted by Crippen LogP contribution is 2.25. The predicted molar refractivity (Wildman–Crippen MR) is 71.3 cm³/mol. The Morgan fingerprint density at radius 3 is 2.61 bits per heavy atom. The standard InChI is InChI=1S/C15H21NO2/c1-4-15(17)16-9-12(3)18-14(10-16)13-7-5-11(2)6-8-13/h5-8,12,14H,4,9-10H2,1-3H3/t12-,14-/m0/s1. The summed E-state index contributed by atoms with van der Waals surface area (Å²) in [5.41, 5.74) is 2.39. The highest BCUT2D eigenvalue weighted by atomic mass is 16.5. The molecule has 0 N–H and O–H groups in total. The molecule has 98 valence electrons. The molecule has 1 heterocycles. The summed E-state index contributed by atoms with van der Waals surface area (Å²) in [6, 6.07) is 8.35. The van der Waals surface area contributed by atoms with Gasteiger partial charge in [-0.1, -0.05) is 36.8 Å². The minimum atomic E-state index is 0.00449. The molecule has 0 aliphatic carbocycles. The monoisotopic (exact) mass is 247 g/mol. The number of morpholine rings is 1. The van der Waals surface area contributed by atoms with Gasteiger partial charge in [-0.2, -0.15) is 0 Å². The molecule has 1 aromatic carbocycles. The number of ether oxygens (including phenoxy) is 1. The van der Waals surface area contributed by atoms with Crippen molar-refractivity contribution in [3.63, 3.8) is 0 Å². The molecule has 18 heavy (non-hydrogen) atoms. The molecule has 3 heteroatoms. The zero-order chi connectivity index (χ0) is 13.1. The van der Waals surface area contributed by atoms with Crippen molar-refractivity contribution in [1.29, 1.82) is 0 Å². The second kappa shape index (κ2) is 5.53. The average molecular weight is 247 g/mol. The summed E-state index contributed by atoms with van der Waals surface area (Å²) in [6.45, 7) is 7.37. The van der Waals surface area contributed by atoms with Gasteiger partial charge in [0, 0.05) is 13.0 Å².